The predicted molar refractivity (Wildman–Crippen MR) is 98.1 cm³/mol. The molecule has 6 heteroatoms. The lowest BCUT2D eigenvalue weighted by molar-refractivity contribution is 0.0602. The molecule has 0 aliphatic carbocycles. The van der Waals surface area contributed by atoms with Crippen molar-refractivity contribution < 1.29 is 19.1 Å². The van der Waals surface area contributed by atoms with Crippen LogP contribution in [0.5, 0.6) is 5.75 Å². The zero-order valence-electron chi connectivity index (χ0n) is 13.7. The molecule has 0 saturated heterocycles. The van der Waals surface area contributed by atoms with E-state index in [0.29, 0.717) is 22.2 Å². The second-order valence-electron chi connectivity index (χ2n) is 5.47. The highest BCUT2D eigenvalue weighted by Gasteiger charge is 2.23. The molecule has 0 spiro atoms. The summed E-state index contributed by atoms with van der Waals surface area (Å²) in [5, 5.41) is 0.665. The summed E-state index contributed by atoms with van der Waals surface area (Å²) in [4.78, 5) is 24.8. The van der Waals surface area contributed by atoms with E-state index in [1.54, 1.807) is 31.2 Å². The van der Waals surface area contributed by atoms with Gasteiger partial charge in [0.2, 0.25) is 0 Å². The molecule has 1 atom stereocenters. The third kappa shape index (κ3) is 3.44. The Kier molecular flexibility index (Phi) is 4.90. The summed E-state index contributed by atoms with van der Waals surface area (Å²) in [6, 6.07) is 14.4. The third-order valence-corrected chi connectivity index (χ3v) is 4.36. The number of fused-ring (bicyclic) bond motifs is 1. The molecule has 0 aliphatic rings. The van der Waals surface area contributed by atoms with E-state index in [4.69, 9.17) is 9.47 Å². The van der Waals surface area contributed by atoms with Crippen molar-refractivity contribution in [2.24, 2.45) is 0 Å². The van der Waals surface area contributed by atoms with Gasteiger partial charge in [-0.3, -0.25) is 9.36 Å². The first-order valence-electron chi connectivity index (χ1n) is 7.66. The monoisotopic (exact) mass is 401 g/mol. The normalized spacial score (nSPS) is 12.0. The molecule has 25 heavy (non-hydrogen) atoms. The quantitative estimate of drug-likeness (QED) is 0.611. The van der Waals surface area contributed by atoms with Gasteiger partial charge in [0.25, 0.3) is 5.91 Å². The van der Waals surface area contributed by atoms with Gasteiger partial charge in [0, 0.05) is 16.1 Å². The van der Waals surface area contributed by atoms with E-state index in [1.165, 1.54) is 17.9 Å². The lowest BCUT2D eigenvalue weighted by Crippen LogP contribution is -2.28. The predicted octanol–water partition coefficient (Wildman–Crippen LogP) is 4.30. The van der Waals surface area contributed by atoms with Gasteiger partial charge in [0.1, 0.15) is 5.75 Å². The fourth-order valence-electron chi connectivity index (χ4n) is 2.60. The number of benzene rings is 2. The van der Waals surface area contributed by atoms with Crippen molar-refractivity contribution in [3.05, 3.63) is 64.8 Å². The molecule has 3 rings (SSSR count). The summed E-state index contributed by atoms with van der Waals surface area (Å²) >= 11 is 3.36. The van der Waals surface area contributed by atoms with Gasteiger partial charge < -0.3 is 9.47 Å². The SMILES string of the molecule is COC(=O)c1cn(C(=O)[C@H](C)Oc2ccc(Br)cc2)c2ccccc12. The van der Waals surface area contributed by atoms with Crippen LogP contribution in [0.25, 0.3) is 10.9 Å². The average Bonchev–Trinajstić information content (AvgIpc) is 3.02. The molecule has 1 heterocycles. The van der Waals surface area contributed by atoms with E-state index in [1.807, 2.05) is 24.3 Å². The number of hydrogen-bond donors (Lipinski definition) is 0. The van der Waals surface area contributed by atoms with E-state index in [-0.39, 0.29) is 5.91 Å². The summed E-state index contributed by atoms with van der Waals surface area (Å²) in [6.45, 7) is 1.68. The number of esters is 1. The molecule has 128 valence electrons. The number of aromatic nitrogens is 1. The van der Waals surface area contributed by atoms with Gasteiger partial charge >= 0.3 is 5.97 Å². The number of ether oxygens (including phenoxy) is 2. The average molecular weight is 402 g/mol. The first-order chi connectivity index (χ1) is 12.0. The molecular formula is C19H16BrNO4. The number of hydrogen-bond acceptors (Lipinski definition) is 4. The Balaban J connectivity index is 1.93. The van der Waals surface area contributed by atoms with Gasteiger partial charge in [-0.15, -0.1) is 0 Å². The van der Waals surface area contributed by atoms with Crippen LogP contribution >= 0.6 is 15.9 Å². The van der Waals surface area contributed by atoms with E-state index >= 15 is 0 Å². The van der Waals surface area contributed by atoms with Crippen LogP contribution in [0.3, 0.4) is 0 Å². The van der Waals surface area contributed by atoms with E-state index in [0.717, 1.165) is 4.47 Å². The maximum atomic E-state index is 12.8. The van der Waals surface area contributed by atoms with Gasteiger partial charge in [-0.1, -0.05) is 34.1 Å². The largest absolute Gasteiger partial charge is 0.481 e. The Morgan fingerprint density at radius 2 is 1.76 bits per heavy atom. The van der Waals surface area contributed by atoms with Crippen molar-refractivity contribution in [1.82, 2.24) is 4.57 Å². The third-order valence-electron chi connectivity index (χ3n) is 3.83. The maximum absolute atomic E-state index is 12.8. The van der Waals surface area contributed by atoms with Crippen molar-refractivity contribution in [1.29, 1.82) is 0 Å². The van der Waals surface area contributed by atoms with Crippen molar-refractivity contribution in [3.63, 3.8) is 0 Å². The molecular weight excluding hydrogens is 386 g/mol. The summed E-state index contributed by atoms with van der Waals surface area (Å²) in [5.41, 5.74) is 0.987. The Bertz CT molecular complexity index is 930. The maximum Gasteiger partial charge on any atom is 0.340 e. The van der Waals surface area contributed by atoms with E-state index < -0.39 is 12.1 Å². The Hall–Kier alpha value is -2.60. The van der Waals surface area contributed by atoms with Gasteiger partial charge in [-0.2, -0.15) is 0 Å². The highest BCUT2D eigenvalue weighted by molar-refractivity contribution is 9.10. The minimum absolute atomic E-state index is 0.269. The number of halogens is 1. The van der Waals surface area contributed by atoms with Crippen LogP contribution in [0.15, 0.2) is 59.2 Å². The topological polar surface area (TPSA) is 57.5 Å². The Morgan fingerprint density at radius 3 is 2.44 bits per heavy atom. The molecule has 2 aromatic carbocycles. The molecule has 0 amide bonds. The smallest absolute Gasteiger partial charge is 0.340 e. The zero-order valence-corrected chi connectivity index (χ0v) is 15.3. The Labute approximate surface area is 153 Å². The second-order valence-corrected chi connectivity index (χ2v) is 6.39. The molecule has 0 unspecified atom stereocenters. The summed E-state index contributed by atoms with van der Waals surface area (Å²) < 4.78 is 12.9. The van der Waals surface area contributed by atoms with Gasteiger partial charge in [0.15, 0.2) is 6.10 Å². The highest BCUT2D eigenvalue weighted by Crippen LogP contribution is 2.23. The van der Waals surface area contributed by atoms with E-state index in [2.05, 4.69) is 15.9 Å². The van der Waals surface area contributed by atoms with Crippen LogP contribution < -0.4 is 4.74 Å². The van der Waals surface area contributed by atoms with Crippen LogP contribution in [0.2, 0.25) is 0 Å². The number of rotatable bonds is 4. The fraction of sp³-hybridized carbons (Fsp3) is 0.158. The van der Waals surface area contributed by atoms with Crippen molar-refractivity contribution >= 4 is 38.7 Å². The first-order valence-corrected chi connectivity index (χ1v) is 8.45. The Morgan fingerprint density at radius 1 is 1.08 bits per heavy atom. The molecule has 0 radical (unpaired) electrons. The van der Waals surface area contributed by atoms with Crippen LogP contribution in [-0.4, -0.2) is 29.7 Å². The summed E-state index contributed by atoms with van der Waals surface area (Å²) in [6.07, 6.45) is 0.780. The number of nitrogens with zero attached hydrogens (tertiary/aromatic N) is 1. The number of para-hydroxylation sites is 1. The van der Waals surface area contributed by atoms with Gasteiger partial charge in [0.05, 0.1) is 18.2 Å². The zero-order chi connectivity index (χ0) is 18.0. The second kappa shape index (κ2) is 7.11. The first kappa shape index (κ1) is 17.2. The standard InChI is InChI=1S/C19H16BrNO4/c1-12(25-14-9-7-13(20)8-10-14)18(22)21-11-16(19(23)24-2)15-5-3-4-6-17(15)21/h3-12H,1-2H3/t12-/m0/s1. The van der Waals surface area contributed by atoms with Crippen LogP contribution in [0.1, 0.15) is 22.1 Å². The minimum atomic E-state index is -0.720. The summed E-state index contributed by atoms with van der Waals surface area (Å²) in [7, 11) is 1.32. The van der Waals surface area contributed by atoms with E-state index in [9.17, 15) is 9.59 Å². The van der Waals surface area contributed by atoms with Crippen molar-refractivity contribution in [3.8, 4) is 5.75 Å². The van der Waals surface area contributed by atoms with Crippen LogP contribution in [0, 0.1) is 0 Å². The van der Waals surface area contributed by atoms with Crippen LogP contribution in [-0.2, 0) is 4.74 Å². The number of carbonyl (C=O) groups excluding carboxylic acids is 2. The molecule has 0 fully saturated rings. The molecule has 0 N–H and O–H groups in total. The van der Waals surface area contributed by atoms with Gasteiger partial charge in [-0.05, 0) is 37.3 Å². The summed E-state index contributed by atoms with van der Waals surface area (Å²) in [5.74, 6) is -0.160. The highest BCUT2D eigenvalue weighted by atomic mass is 79.9. The van der Waals surface area contributed by atoms with Crippen LogP contribution in [0.4, 0.5) is 0 Å². The molecule has 5 nitrogen and oxygen atoms in total. The molecule has 1 aromatic heterocycles. The molecule has 0 bridgehead atoms. The molecule has 0 saturated carbocycles. The van der Waals surface area contributed by atoms with Crippen molar-refractivity contribution in [2.75, 3.05) is 7.11 Å². The minimum Gasteiger partial charge on any atom is -0.481 e. The lowest BCUT2D eigenvalue weighted by Gasteiger charge is -2.14. The lowest BCUT2D eigenvalue weighted by atomic mass is 10.2. The molecule has 3 aromatic rings. The number of carbonyl (C=O) groups is 2. The fourth-order valence-corrected chi connectivity index (χ4v) is 2.86. The number of methoxy groups -OCH3 is 1. The molecule has 0 aliphatic heterocycles. The van der Waals surface area contributed by atoms with Crippen molar-refractivity contribution in [2.45, 2.75) is 13.0 Å². The van der Waals surface area contributed by atoms with Gasteiger partial charge in [-0.25, -0.2) is 4.79 Å².